The van der Waals surface area contributed by atoms with Gasteiger partial charge in [0.2, 0.25) is 0 Å². The third-order valence-electron chi connectivity index (χ3n) is 2.69. The van der Waals surface area contributed by atoms with E-state index in [9.17, 15) is 0 Å². The molecule has 2 heteroatoms. The third kappa shape index (κ3) is 1.26. The van der Waals surface area contributed by atoms with Gasteiger partial charge in [0.15, 0.2) is 0 Å². The van der Waals surface area contributed by atoms with Crippen LogP contribution >= 0.6 is 0 Å². The van der Waals surface area contributed by atoms with Gasteiger partial charge in [-0.25, -0.2) is 0 Å². The monoisotopic (exact) mass is 177 g/mol. The van der Waals surface area contributed by atoms with Crippen molar-refractivity contribution < 1.29 is 4.74 Å². The van der Waals surface area contributed by atoms with Crippen LogP contribution in [0, 0.1) is 6.92 Å². The zero-order valence-corrected chi connectivity index (χ0v) is 8.37. The minimum atomic E-state index is 0.466. The lowest BCUT2D eigenvalue weighted by Crippen LogP contribution is -2.38. The summed E-state index contributed by atoms with van der Waals surface area (Å²) in [6, 6.07) is 6.66. The van der Waals surface area contributed by atoms with Crippen molar-refractivity contribution >= 4 is 5.69 Å². The van der Waals surface area contributed by atoms with E-state index in [4.69, 9.17) is 4.74 Å². The molecule has 0 amide bonds. The Balaban J connectivity index is 2.51. The lowest BCUT2D eigenvalue weighted by atomic mass is 10.1. The molecule has 0 bridgehead atoms. The van der Waals surface area contributed by atoms with Crippen LogP contribution in [0.3, 0.4) is 0 Å². The average molecular weight is 177 g/mol. The molecule has 1 aliphatic rings. The van der Waals surface area contributed by atoms with Crippen molar-refractivity contribution in [1.82, 2.24) is 0 Å². The second-order valence-corrected chi connectivity index (χ2v) is 3.69. The van der Waals surface area contributed by atoms with Gasteiger partial charge < -0.3 is 9.64 Å². The summed E-state index contributed by atoms with van der Waals surface area (Å²) < 4.78 is 5.65. The normalized spacial score (nSPS) is 20.8. The van der Waals surface area contributed by atoms with Gasteiger partial charge in [-0.2, -0.15) is 0 Å². The van der Waals surface area contributed by atoms with Gasteiger partial charge in [-0.15, -0.1) is 0 Å². The number of fused-ring (bicyclic) bond motifs is 1. The standard InChI is InChI=1S/C11H15NO/c1-8-5-4-6-10-11(8)12(3)9(2)7-13-10/h4-6,9H,7H2,1-3H3. The first-order valence-electron chi connectivity index (χ1n) is 4.65. The summed E-state index contributed by atoms with van der Waals surface area (Å²) in [7, 11) is 2.12. The Bertz CT molecular complexity index is 322. The van der Waals surface area contributed by atoms with Gasteiger partial charge in [-0.3, -0.25) is 0 Å². The van der Waals surface area contributed by atoms with Gasteiger partial charge in [0.05, 0.1) is 11.7 Å². The first-order valence-corrected chi connectivity index (χ1v) is 4.65. The fourth-order valence-corrected chi connectivity index (χ4v) is 1.74. The maximum absolute atomic E-state index is 5.65. The number of hydrogen-bond donors (Lipinski definition) is 0. The summed E-state index contributed by atoms with van der Waals surface area (Å²) in [4.78, 5) is 2.29. The molecule has 0 aliphatic carbocycles. The van der Waals surface area contributed by atoms with E-state index in [-0.39, 0.29) is 0 Å². The van der Waals surface area contributed by atoms with Gasteiger partial charge in [0, 0.05) is 7.05 Å². The van der Waals surface area contributed by atoms with Crippen LogP contribution in [-0.4, -0.2) is 19.7 Å². The zero-order chi connectivity index (χ0) is 9.42. The van der Waals surface area contributed by atoms with E-state index in [1.165, 1.54) is 11.3 Å². The molecule has 1 aromatic carbocycles. The van der Waals surface area contributed by atoms with E-state index < -0.39 is 0 Å². The maximum atomic E-state index is 5.65. The number of aryl methyl sites for hydroxylation is 1. The third-order valence-corrected chi connectivity index (χ3v) is 2.69. The minimum Gasteiger partial charge on any atom is -0.489 e. The van der Waals surface area contributed by atoms with E-state index in [0.29, 0.717) is 6.04 Å². The lowest BCUT2D eigenvalue weighted by molar-refractivity contribution is 0.274. The highest BCUT2D eigenvalue weighted by molar-refractivity contribution is 5.64. The number of hydrogen-bond acceptors (Lipinski definition) is 2. The molecule has 2 rings (SSSR count). The molecule has 0 spiro atoms. The average Bonchev–Trinajstić information content (AvgIpc) is 2.12. The van der Waals surface area contributed by atoms with Crippen molar-refractivity contribution in [1.29, 1.82) is 0 Å². The molecule has 0 radical (unpaired) electrons. The quantitative estimate of drug-likeness (QED) is 0.602. The Labute approximate surface area is 79.1 Å². The number of para-hydroxylation sites is 1. The summed E-state index contributed by atoms with van der Waals surface area (Å²) in [5.74, 6) is 1.01. The Kier molecular flexibility index (Phi) is 1.91. The van der Waals surface area contributed by atoms with Gasteiger partial charge in [0.1, 0.15) is 12.4 Å². The molecule has 0 saturated heterocycles. The highest BCUT2D eigenvalue weighted by Gasteiger charge is 2.21. The molecule has 1 atom stereocenters. The first-order chi connectivity index (χ1) is 6.20. The van der Waals surface area contributed by atoms with Crippen molar-refractivity contribution in [3.05, 3.63) is 23.8 Å². The van der Waals surface area contributed by atoms with Crippen molar-refractivity contribution in [2.24, 2.45) is 0 Å². The van der Waals surface area contributed by atoms with E-state index >= 15 is 0 Å². The maximum Gasteiger partial charge on any atom is 0.142 e. The first kappa shape index (κ1) is 8.42. The zero-order valence-electron chi connectivity index (χ0n) is 8.37. The fraction of sp³-hybridized carbons (Fsp3) is 0.455. The minimum absolute atomic E-state index is 0.466. The number of nitrogens with zero attached hydrogens (tertiary/aromatic N) is 1. The van der Waals surface area contributed by atoms with Crippen LogP contribution < -0.4 is 9.64 Å². The van der Waals surface area contributed by atoms with Gasteiger partial charge in [-0.05, 0) is 25.5 Å². The molecule has 0 N–H and O–H groups in total. The Morgan fingerprint density at radius 3 is 3.00 bits per heavy atom. The van der Waals surface area contributed by atoms with Crippen molar-refractivity contribution in [2.75, 3.05) is 18.6 Å². The van der Waals surface area contributed by atoms with Gasteiger partial charge in [-0.1, -0.05) is 12.1 Å². The van der Waals surface area contributed by atoms with Crippen LogP contribution in [0.2, 0.25) is 0 Å². The summed E-state index contributed by atoms with van der Waals surface area (Å²) >= 11 is 0. The predicted molar refractivity (Wildman–Crippen MR) is 54.5 cm³/mol. The molecular formula is C11H15NO. The van der Waals surface area contributed by atoms with Crippen LogP contribution in [0.25, 0.3) is 0 Å². The SMILES string of the molecule is Cc1cccc2c1N(C)C(C)CO2. The van der Waals surface area contributed by atoms with Crippen molar-refractivity contribution in [2.45, 2.75) is 19.9 Å². The van der Waals surface area contributed by atoms with Gasteiger partial charge >= 0.3 is 0 Å². The highest BCUT2D eigenvalue weighted by atomic mass is 16.5. The molecular weight excluding hydrogens is 162 g/mol. The van der Waals surface area contributed by atoms with Crippen LogP contribution in [0.1, 0.15) is 12.5 Å². The molecule has 1 heterocycles. The molecule has 13 heavy (non-hydrogen) atoms. The van der Waals surface area contributed by atoms with E-state index in [2.05, 4.69) is 31.9 Å². The Hall–Kier alpha value is -1.18. The second kappa shape index (κ2) is 2.95. The van der Waals surface area contributed by atoms with E-state index in [1.54, 1.807) is 0 Å². The lowest BCUT2D eigenvalue weighted by Gasteiger charge is -2.34. The molecule has 1 aliphatic heterocycles. The summed E-state index contributed by atoms with van der Waals surface area (Å²) in [6.07, 6.45) is 0. The molecule has 2 nitrogen and oxygen atoms in total. The summed E-state index contributed by atoms with van der Waals surface area (Å²) in [6.45, 7) is 5.08. The number of anilines is 1. The Morgan fingerprint density at radius 2 is 2.23 bits per heavy atom. The summed E-state index contributed by atoms with van der Waals surface area (Å²) in [5.41, 5.74) is 2.52. The van der Waals surface area contributed by atoms with Crippen molar-refractivity contribution in [3.8, 4) is 5.75 Å². The predicted octanol–water partition coefficient (Wildman–Crippen LogP) is 2.21. The summed E-state index contributed by atoms with van der Waals surface area (Å²) in [5, 5.41) is 0. The van der Waals surface area contributed by atoms with E-state index in [1.807, 2.05) is 12.1 Å². The van der Waals surface area contributed by atoms with Crippen LogP contribution in [0.4, 0.5) is 5.69 Å². The molecule has 1 unspecified atom stereocenters. The number of rotatable bonds is 0. The molecule has 1 aromatic rings. The van der Waals surface area contributed by atoms with Crippen LogP contribution in [0.5, 0.6) is 5.75 Å². The number of ether oxygens (including phenoxy) is 1. The van der Waals surface area contributed by atoms with Crippen molar-refractivity contribution in [3.63, 3.8) is 0 Å². The van der Waals surface area contributed by atoms with Gasteiger partial charge in [0.25, 0.3) is 0 Å². The highest BCUT2D eigenvalue weighted by Crippen LogP contribution is 2.35. The molecule has 0 aromatic heterocycles. The number of likely N-dealkylation sites (N-methyl/N-ethyl adjacent to an activating group) is 1. The molecule has 0 fully saturated rings. The largest absolute Gasteiger partial charge is 0.489 e. The fourth-order valence-electron chi connectivity index (χ4n) is 1.74. The molecule has 0 saturated carbocycles. The molecule has 70 valence electrons. The smallest absolute Gasteiger partial charge is 0.142 e. The second-order valence-electron chi connectivity index (χ2n) is 3.69. The van der Waals surface area contributed by atoms with Crippen LogP contribution in [-0.2, 0) is 0 Å². The van der Waals surface area contributed by atoms with E-state index in [0.717, 1.165) is 12.4 Å². The number of benzene rings is 1. The van der Waals surface area contributed by atoms with Crippen LogP contribution in [0.15, 0.2) is 18.2 Å². The topological polar surface area (TPSA) is 12.5 Å². The Morgan fingerprint density at radius 1 is 1.46 bits per heavy atom.